The van der Waals surface area contributed by atoms with Gasteiger partial charge in [-0.1, -0.05) is 20.8 Å². The van der Waals surface area contributed by atoms with Gasteiger partial charge in [0.05, 0.1) is 12.1 Å². The molecule has 0 unspecified atom stereocenters. The summed E-state index contributed by atoms with van der Waals surface area (Å²) in [5.74, 6) is 1.12. The first kappa shape index (κ1) is 22.3. The van der Waals surface area contributed by atoms with E-state index in [0.717, 1.165) is 55.2 Å². The van der Waals surface area contributed by atoms with Crippen LogP contribution in [0.15, 0.2) is 27.6 Å². The molecule has 1 saturated heterocycles. The molecule has 1 N–H and O–H groups in total. The van der Waals surface area contributed by atoms with Gasteiger partial charge in [-0.05, 0) is 45.3 Å². The van der Waals surface area contributed by atoms with Crippen LogP contribution in [0.5, 0.6) is 0 Å². The normalized spacial score (nSPS) is 15.2. The van der Waals surface area contributed by atoms with Crippen molar-refractivity contribution < 1.29 is 9.21 Å². The minimum atomic E-state index is -0.0191. The summed E-state index contributed by atoms with van der Waals surface area (Å²) in [4.78, 5) is 34.4. The largest absolute Gasteiger partial charge is 0.467 e. The Kier molecular flexibility index (Phi) is 6.50. The highest BCUT2D eigenvalue weighted by molar-refractivity contribution is 5.94. The first-order chi connectivity index (χ1) is 15.4. The van der Waals surface area contributed by atoms with Gasteiger partial charge in [-0.3, -0.25) is 19.6 Å². The predicted octanol–water partition coefficient (Wildman–Crippen LogP) is 3.35. The number of amides is 1. The molecule has 4 rings (SSSR count). The number of aryl methyl sites for hydroxylation is 1. The van der Waals surface area contributed by atoms with Crippen molar-refractivity contribution in [2.45, 2.75) is 59.4 Å². The lowest BCUT2D eigenvalue weighted by Crippen LogP contribution is -2.37. The molecule has 32 heavy (non-hydrogen) atoms. The maximum Gasteiger partial charge on any atom is 0.276 e. The van der Waals surface area contributed by atoms with Crippen molar-refractivity contribution >= 4 is 11.6 Å². The van der Waals surface area contributed by atoms with Gasteiger partial charge < -0.3 is 9.32 Å². The summed E-state index contributed by atoms with van der Waals surface area (Å²) in [6, 6.07) is 3.85. The summed E-state index contributed by atoms with van der Waals surface area (Å²) in [7, 11) is 0. The standard InChI is InChI=1S/C24H33N5O3/c1-5-20-16(4)25-22-13-21(26-29(22)24(20)31)17-8-10-28(11-9-17)23(30)18-12-19(32-15-18)14-27(6-2)7-3/h12-13,15,17,26H,5-11,14H2,1-4H3. The number of nitrogens with zero attached hydrogens (tertiary/aromatic N) is 4. The van der Waals surface area contributed by atoms with Crippen LogP contribution in [0.1, 0.15) is 72.6 Å². The van der Waals surface area contributed by atoms with Gasteiger partial charge in [0.25, 0.3) is 11.5 Å². The number of piperidine rings is 1. The Balaban J connectivity index is 1.42. The van der Waals surface area contributed by atoms with Gasteiger partial charge in [0.1, 0.15) is 12.0 Å². The molecule has 0 atom stereocenters. The Morgan fingerprint density at radius 3 is 2.59 bits per heavy atom. The number of aromatic amines is 1. The number of aromatic nitrogens is 3. The van der Waals surface area contributed by atoms with E-state index in [1.54, 1.807) is 10.8 Å². The molecular weight excluding hydrogens is 406 g/mol. The van der Waals surface area contributed by atoms with E-state index in [1.165, 1.54) is 0 Å². The number of hydrogen-bond donors (Lipinski definition) is 1. The van der Waals surface area contributed by atoms with Crippen LogP contribution >= 0.6 is 0 Å². The molecule has 8 heteroatoms. The fraction of sp³-hybridized carbons (Fsp3) is 0.542. The number of likely N-dealkylation sites (tertiary alicyclic amines) is 1. The Hall–Kier alpha value is -2.87. The summed E-state index contributed by atoms with van der Waals surface area (Å²) >= 11 is 0. The molecule has 0 saturated carbocycles. The maximum absolute atomic E-state index is 13.0. The van der Waals surface area contributed by atoms with Gasteiger partial charge in [-0.25, -0.2) is 9.50 Å². The van der Waals surface area contributed by atoms with Crippen LogP contribution < -0.4 is 5.56 Å². The van der Waals surface area contributed by atoms with Gasteiger partial charge in [0, 0.05) is 42.0 Å². The first-order valence-electron chi connectivity index (χ1n) is 11.6. The molecule has 0 bridgehead atoms. The number of fused-ring (bicyclic) bond motifs is 1. The van der Waals surface area contributed by atoms with Gasteiger partial charge >= 0.3 is 0 Å². The number of furan rings is 1. The van der Waals surface area contributed by atoms with Crippen molar-refractivity contribution in [3.63, 3.8) is 0 Å². The van der Waals surface area contributed by atoms with Crippen LogP contribution in [0.25, 0.3) is 5.65 Å². The zero-order chi connectivity index (χ0) is 22.8. The van der Waals surface area contributed by atoms with Crippen molar-refractivity contribution in [1.82, 2.24) is 24.4 Å². The lowest BCUT2D eigenvalue weighted by Gasteiger charge is -2.31. The molecule has 1 amide bonds. The predicted molar refractivity (Wildman–Crippen MR) is 123 cm³/mol. The van der Waals surface area contributed by atoms with Crippen LogP contribution in [-0.2, 0) is 13.0 Å². The van der Waals surface area contributed by atoms with Crippen molar-refractivity contribution in [3.8, 4) is 0 Å². The molecule has 3 aromatic heterocycles. The van der Waals surface area contributed by atoms with E-state index >= 15 is 0 Å². The van der Waals surface area contributed by atoms with Crippen molar-refractivity contribution in [1.29, 1.82) is 0 Å². The van der Waals surface area contributed by atoms with Crippen LogP contribution in [-0.4, -0.2) is 56.5 Å². The third-order valence-electron chi connectivity index (χ3n) is 6.68. The smallest absolute Gasteiger partial charge is 0.276 e. The molecule has 1 aliphatic heterocycles. The zero-order valence-electron chi connectivity index (χ0n) is 19.5. The Labute approximate surface area is 188 Å². The number of rotatable bonds is 7. The summed E-state index contributed by atoms with van der Waals surface area (Å²) in [5.41, 5.74) is 3.82. The fourth-order valence-electron chi connectivity index (χ4n) is 4.62. The quantitative estimate of drug-likeness (QED) is 0.610. The molecule has 0 aromatic carbocycles. The van der Waals surface area contributed by atoms with Crippen LogP contribution in [0, 0.1) is 6.92 Å². The topological polar surface area (TPSA) is 86.8 Å². The second kappa shape index (κ2) is 9.32. The Morgan fingerprint density at radius 2 is 1.94 bits per heavy atom. The lowest BCUT2D eigenvalue weighted by molar-refractivity contribution is 0.0711. The second-order valence-electron chi connectivity index (χ2n) is 8.57. The van der Waals surface area contributed by atoms with Gasteiger partial charge in [0.15, 0.2) is 5.65 Å². The lowest BCUT2D eigenvalue weighted by atomic mass is 9.93. The highest BCUT2D eigenvalue weighted by atomic mass is 16.3. The van der Waals surface area contributed by atoms with E-state index in [2.05, 4.69) is 28.8 Å². The molecule has 0 radical (unpaired) electrons. The molecule has 3 aromatic rings. The second-order valence-corrected chi connectivity index (χ2v) is 8.57. The zero-order valence-corrected chi connectivity index (χ0v) is 19.5. The molecular formula is C24H33N5O3. The average molecular weight is 440 g/mol. The number of H-pyrrole nitrogens is 1. The monoisotopic (exact) mass is 439 g/mol. The van der Waals surface area contributed by atoms with E-state index in [0.29, 0.717) is 30.7 Å². The summed E-state index contributed by atoms with van der Waals surface area (Å²) in [6.45, 7) is 12.1. The Morgan fingerprint density at radius 1 is 1.22 bits per heavy atom. The fourth-order valence-corrected chi connectivity index (χ4v) is 4.62. The van der Waals surface area contributed by atoms with Crippen molar-refractivity contribution in [3.05, 3.63) is 57.0 Å². The summed E-state index contributed by atoms with van der Waals surface area (Å²) < 4.78 is 7.20. The average Bonchev–Trinajstić information content (AvgIpc) is 3.45. The van der Waals surface area contributed by atoms with E-state index in [1.807, 2.05) is 30.9 Å². The number of hydrogen-bond acceptors (Lipinski definition) is 5. The molecule has 1 aliphatic rings. The third-order valence-corrected chi connectivity index (χ3v) is 6.68. The summed E-state index contributed by atoms with van der Waals surface area (Å²) in [6.07, 6.45) is 3.94. The number of nitrogens with one attached hydrogen (secondary N) is 1. The van der Waals surface area contributed by atoms with Crippen LogP contribution in [0.2, 0.25) is 0 Å². The van der Waals surface area contributed by atoms with Crippen LogP contribution in [0.3, 0.4) is 0 Å². The summed E-state index contributed by atoms with van der Waals surface area (Å²) in [5, 5.41) is 3.26. The van der Waals surface area contributed by atoms with E-state index in [-0.39, 0.29) is 17.4 Å². The molecule has 8 nitrogen and oxygen atoms in total. The minimum Gasteiger partial charge on any atom is -0.467 e. The molecule has 1 fully saturated rings. The molecule has 0 aliphatic carbocycles. The van der Waals surface area contributed by atoms with E-state index in [4.69, 9.17) is 4.42 Å². The number of carbonyl (C=O) groups excluding carboxylic acids is 1. The van der Waals surface area contributed by atoms with E-state index < -0.39 is 0 Å². The van der Waals surface area contributed by atoms with Gasteiger partial charge in [0.2, 0.25) is 0 Å². The van der Waals surface area contributed by atoms with E-state index in [9.17, 15) is 9.59 Å². The van der Waals surface area contributed by atoms with Gasteiger partial charge in [-0.2, -0.15) is 0 Å². The van der Waals surface area contributed by atoms with Crippen molar-refractivity contribution in [2.75, 3.05) is 26.2 Å². The highest BCUT2D eigenvalue weighted by Gasteiger charge is 2.27. The third kappa shape index (κ3) is 4.24. The van der Waals surface area contributed by atoms with Crippen molar-refractivity contribution in [2.24, 2.45) is 0 Å². The molecule has 172 valence electrons. The van der Waals surface area contributed by atoms with Crippen LogP contribution in [0.4, 0.5) is 0 Å². The molecule has 0 spiro atoms. The maximum atomic E-state index is 13.0. The van der Waals surface area contributed by atoms with Gasteiger partial charge in [-0.15, -0.1) is 0 Å². The highest BCUT2D eigenvalue weighted by Crippen LogP contribution is 2.28. The SMILES string of the molecule is CCc1c(C)nc2cc(C3CCN(C(=O)c4coc(CN(CC)CC)c4)CC3)[nH]n2c1=O. The minimum absolute atomic E-state index is 0.0191. The Bertz CT molecular complexity index is 1150. The molecule has 4 heterocycles. The first-order valence-corrected chi connectivity index (χ1v) is 11.6. The number of carbonyl (C=O) groups is 1.